The van der Waals surface area contributed by atoms with Gasteiger partial charge in [0.1, 0.15) is 12.2 Å². The Labute approximate surface area is 164 Å². The number of nitrogens with zero attached hydrogens (tertiary/aromatic N) is 2. The Morgan fingerprint density at radius 3 is 2.77 bits per heavy atom. The highest BCUT2D eigenvalue weighted by Crippen LogP contribution is 2.36. The van der Waals surface area contributed by atoms with E-state index < -0.39 is 11.5 Å². The first-order valence-corrected chi connectivity index (χ1v) is 9.50. The Bertz CT molecular complexity index is 898. The van der Waals surface area contributed by atoms with Crippen LogP contribution < -0.4 is 10.9 Å². The third-order valence-corrected chi connectivity index (χ3v) is 5.39. The number of benzene rings is 1. The average molecular weight is 441 g/mol. The second-order valence-electron chi connectivity index (χ2n) is 6.36. The van der Waals surface area contributed by atoms with Crippen LogP contribution in [-0.2, 0) is 28.0 Å². The van der Waals surface area contributed by atoms with Gasteiger partial charge < -0.3 is 10.1 Å². The van der Waals surface area contributed by atoms with Gasteiger partial charge in [-0.15, -0.1) is 0 Å². The molecule has 1 N–H and O–H groups in total. The Hall–Kier alpha value is -1.86. The van der Waals surface area contributed by atoms with Gasteiger partial charge in [0, 0.05) is 5.02 Å². The summed E-state index contributed by atoms with van der Waals surface area (Å²) in [4.78, 5) is 29.2. The zero-order valence-electron chi connectivity index (χ0n) is 14.5. The molecule has 0 fully saturated rings. The molecule has 0 aliphatic carbocycles. The molecule has 6 nitrogen and oxygen atoms in total. The molecule has 3 rings (SSSR count). The van der Waals surface area contributed by atoms with E-state index in [1.54, 1.807) is 6.92 Å². The summed E-state index contributed by atoms with van der Waals surface area (Å²) >= 11 is 9.27. The first-order valence-electron chi connectivity index (χ1n) is 8.33. The second-order valence-corrected chi connectivity index (χ2v) is 7.51. The van der Waals surface area contributed by atoms with Crippen LogP contribution in [0.3, 0.4) is 0 Å². The lowest BCUT2D eigenvalue weighted by Gasteiger charge is -2.37. The number of rotatable bonds is 4. The number of ether oxygens (including phenoxy) is 1. The molecule has 2 aromatic rings. The number of carbonyl (C=O) groups is 1. The highest BCUT2D eigenvalue weighted by molar-refractivity contribution is 9.10. The largest absolute Gasteiger partial charge is 0.465 e. The van der Waals surface area contributed by atoms with Gasteiger partial charge in [0.25, 0.3) is 5.56 Å². The summed E-state index contributed by atoms with van der Waals surface area (Å²) < 4.78 is 6.54. The summed E-state index contributed by atoms with van der Waals surface area (Å²) in [6.45, 7) is 3.83. The number of hydrogen-bond donors (Lipinski definition) is 1. The van der Waals surface area contributed by atoms with Crippen molar-refractivity contribution in [1.82, 2.24) is 9.55 Å². The number of aryl methyl sites for hydroxylation is 1. The van der Waals surface area contributed by atoms with E-state index in [0.29, 0.717) is 27.6 Å². The lowest BCUT2D eigenvalue weighted by molar-refractivity contribution is -0.143. The zero-order chi connectivity index (χ0) is 18.9. The molecule has 0 saturated carbocycles. The third kappa shape index (κ3) is 3.64. The minimum atomic E-state index is -0.478. The van der Waals surface area contributed by atoms with Gasteiger partial charge in [0.15, 0.2) is 4.73 Å². The predicted octanol–water partition coefficient (Wildman–Crippen LogP) is 3.50. The van der Waals surface area contributed by atoms with Gasteiger partial charge in [-0.3, -0.25) is 14.2 Å². The van der Waals surface area contributed by atoms with E-state index in [0.717, 1.165) is 12.0 Å². The fourth-order valence-corrected chi connectivity index (χ4v) is 3.72. The Balaban J connectivity index is 1.98. The number of anilines is 1. The van der Waals surface area contributed by atoms with Crippen molar-refractivity contribution in [2.75, 3.05) is 11.9 Å². The van der Waals surface area contributed by atoms with E-state index >= 15 is 0 Å². The molecule has 0 unspecified atom stereocenters. The molecule has 26 heavy (non-hydrogen) atoms. The van der Waals surface area contributed by atoms with Crippen LogP contribution in [0.25, 0.3) is 0 Å². The van der Waals surface area contributed by atoms with Crippen LogP contribution in [0.4, 0.5) is 5.69 Å². The average Bonchev–Trinajstić information content (AvgIpc) is 2.60. The topological polar surface area (TPSA) is 73.2 Å². The molecule has 0 radical (unpaired) electrons. The maximum Gasteiger partial charge on any atom is 0.326 e. The zero-order valence-corrected chi connectivity index (χ0v) is 16.9. The van der Waals surface area contributed by atoms with Crippen molar-refractivity contribution in [2.24, 2.45) is 0 Å². The lowest BCUT2D eigenvalue weighted by atomic mass is 9.83. The Morgan fingerprint density at radius 2 is 2.12 bits per heavy atom. The van der Waals surface area contributed by atoms with Crippen molar-refractivity contribution in [3.8, 4) is 0 Å². The summed E-state index contributed by atoms with van der Waals surface area (Å²) in [6, 6.07) is 7.56. The molecule has 1 aromatic carbocycles. The monoisotopic (exact) mass is 439 g/mol. The van der Waals surface area contributed by atoms with E-state index in [9.17, 15) is 9.59 Å². The molecule has 1 atom stereocenters. The maximum absolute atomic E-state index is 12.9. The van der Waals surface area contributed by atoms with Crippen molar-refractivity contribution in [2.45, 2.75) is 38.8 Å². The normalized spacial score (nSPS) is 18.8. The van der Waals surface area contributed by atoms with Crippen molar-refractivity contribution in [1.29, 1.82) is 0 Å². The Morgan fingerprint density at radius 1 is 1.42 bits per heavy atom. The predicted molar refractivity (Wildman–Crippen MR) is 104 cm³/mol. The number of aromatic nitrogens is 2. The third-order valence-electron chi connectivity index (χ3n) is 4.53. The quantitative estimate of drug-likeness (QED) is 0.582. The first-order chi connectivity index (χ1) is 12.3. The van der Waals surface area contributed by atoms with E-state index in [2.05, 4.69) is 26.2 Å². The first kappa shape index (κ1) is 18.9. The van der Waals surface area contributed by atoms with Gasteiger partial charge in [-0.25, -0.2) is 4.98 Å². The SMILES string of the molecule is CCOC(=O)Cn1c(Br)nc2c(c1=O)N[C@](C)(c1ccc(Cl)cc1)CC2. The summed E-state index contributed by atoms with van der Waals surface area (Å²) in [6.07, 6.45) is 1.43. The van der Waals surface area contributed by atoms with Crippen LogP contribution in [-0.4, -0.2) is 22.1 Å². The maximum atomic E-state index is 12.9. The van der Waals surface area contributed by atoms with Gasteiger partial charge in [-0.1, -0.05) is 23.7 Å². The number of hydrogen-bond acceptors (Lipinski definition) is 5. The molecule has 1 aliphatic rings. The standard InChI is InChI=1S/C18H19BrClN3O3/c1-3-26-14(24)10-23-16(25)15-13(21-17(23)19)8-9-18(2,22-15)11-4-6-12(20)7-5-11/h4-7,22H,3,8-10H2,1-2H3/t18-/m0/s1. The van der Waals surface area contributed by atoms with E-state index in [4.69, 9.17) is 16.3 Å². The van der Waals surface area contributed by atoms with Crippen LogP contribution in [0.5, 0.6) is 0 Å². The molecular weight excluding hydrogens is 422 g/mol. The molecule has 138 valence electrons. The van der Waals surface area contributed by atoms with Gasteiger partial charge >= 0.3 is 5.97 Å². The second kappa shape index (κ2) is 7.40. The minimum absolute atomic E-state index is 0.188. The summed E-state index contributed by atoms with van der Waals surface area (Å²) in [5.41, 5.74) is 1.42. The summed E-state index contributed by atoms with van der Waals surface area (Å²) in [5, 5.41) is 4.00. The highest BCUT2D eigenvalue weighted by atomic mass is 79.9. The van der Waals surface area contributed by atoms with Crippen molar-refractivity contribution in [3.63, 3.8) is 0 Å². The summed E-state index contributed by atoms with van der Waals surface area (Å²) in [5.74, 6) is -0.478. The minimum Gasteiger partial charge on any atom is -0.465 e. The lowest BCUT2D eigenvalue weighted by Crippen LogP contribution is -2.41. The molecular formula is C18H19BrClN3O3. The highest BCUT2D eigenvalue weighted by Gasteiger charge is 2.34. The van der Waals surface area contributed by atoms with Crippen LogP contribution in [0.1, 0.15) is 31.5 Å². The van der Waals surface area contributed by atoms with E-state index in [-0.39, 0.29) is 18.7 Å². The molecule has 1 aliphatic heterocycles. The van der Waals surface area contributed by atoms with Gasteiger partial charge in [-0.2, -0.15) is 0 Å². The van der Waals surface area contributed by atoms with Gasteiger partial charge in [-0.05, 0) is 60.3 Å². The van der Waals surface area contributed by atoms with Crippen LogP contribution >= 0.6 is 27.5 Å². The molecule has 2 heterocycles. The van der Waals surface area contributed by atoms with Crippen LogP contribution in [0.2, 0.25) is 5.02 Å². The molecule has 0 spiro atoms. The summed E-state index contributed by atoms with van der Waals surface area (Å²) in [7, 11) is 0. The number of nitrogens with one attached hydrogen (secondary N) is 1. The Kier molecular flexibility index (Phi) is 5.39. The van der Waals surface area contributed by atoms with Crippen molar-refractivity contribution >= 4 is 39.2 Å². The fraction of sp³-hybridized carbons (Fsp3) is 0.389. The molecule has 0 bridgehead atoms. The van der Waals surface area contributed by atoms with E-state index in [1.807, 2.05) is 31.2 Å². The van der Waals surface area contributed by atoms with E-state index in [1.165, 1.54) is 4.57 Å². The smallest absolute Gasteiger partial charge is 0.326 e. The van der Waals surface area contributed by atoms with Gasteiger partial charge in [0.05, 0.1) is 17.8 Å². The van der Waals surface area contributed by atoms with Crippen LogP contribution in [0.15, 0.2) is 33.8 Å². The number of carbonyl (C=O) groups excluding carboxylic acids is 1. The fourth-order valence-electron chi connectivity index (χ4n) is 3.09. The number of esters is 1. The molecule has 1 aromatic heterocycles. The molecule has 0 amide bonds. The van der Waals surface area contributed by atoms with Gasteiger partial charge in [0.2, 0.25) is 0 Å². The molecule has 0 saturated heterocycles. The van der Waals surface area contributed by atoms with Crippen molar-refractivity contribution in [3.05, 3.63) is 55.6 Å². The van der Waals surface area contributed by atoms with Crippen molar-refractivity contribution < 1.29 is 9.53 Å². The number of fused-ring (bicyclic) bond motifs is 1. The number of halogens is 2. The molecule has 8 heteroatoms. The van der Waals surface area contributed by atoms with Crippen LogP contribution in [0, 0.1) is 0 Å².